The number of alkyl halides is 1. The standard InChI is InChI=1S/C21H21N3O2.C17H19BrO3/c1-3-26-19(25)15-7-6-14(2)16(9-15)20-11-21(12-20,13-20)17-10-22-18-5-4-8-23-24(17)18;1-3-21-15(20)12-5-4-11(2)13(6-12)16-8-17(9-16,10-16)14(18)7-19/h4-10H,3,11-13H2,1-2H3;4-7,14H,3,8-10H2,1-2H3. The van der Waals surface area contributed by atoms with Crippen molar-refractivity contribution in [3.63, 3.8) is 0 Å². The van der Waals surface area contributed by atoms with E-state index in [0.717, 1.165) is 50.5 Å². The van der Waals surface area contributed by atoms with Crippen molar-refractivity contribution in [3.05, 3.63) is 100.0 Å². The molecule has 0 N–H and O–H groups in total. The van der Waals surface area contributed by atoms with Crippen molar-refractivity contribution in [2.75, 3.05) is 13.2 Å². The van der Waals surface area contributed by atoms with Crippen LogP contribution in [0.5, 0.6) is 0 Å². The Kier molecular flexibility index (Phi) is 7.69. The molecule has 244 valence electrons. The van der Waals surface area contributed by atoms with Crippen LogP contribution >= 0.6 is 15.9 Å². The highest BCUT2D eigenvalue weighted by atomic mass is 79.9. The summed E-state index contributed by atoms with van der Waals surface area (Å²) in [7, 11) is 0. The first-order chi connectivity index (χ1) is 22.5. The van der Waals surface area contributed by atoms with Gasteiger partial charge in [0.2, 0.25) is 0 Å². The van der Waals surface area contributed by atoms with Gasteiger partial charge >= 0.3 is 11.9 Å². The minimum absolute atomic E-state index is 0.0413. The van der Waals surface area contributed by atoms with E-state index in [4.69, 9.17) is 9.47 Å². The predicted molar refractivity (Wildman–Crippen MR) is 181 cm³/mol. The fourth-order valence-corrected chi connectivity index (χ4v) is 9.68. The number of hydrogen-bond donors (Lipinski definition) is 0. The number of imidazole rings is 1. The van der Waals surface area contributed by atoms with Crippen LogP contribution in [0.1, 0.15) is 101 Å². The molecule has 6 aliphatic rings. The number of ether oxygens (including phenoxy) is 2. The van der Waals surface area contributed by atoms with Gasteiger partial charge in [-0.05, 0) is 141 Å². The zero-order valence-electron chi connectivity index (χ0n) is 27.3. The van der Waals surface area contributed by atoms with Crippen molar-refractivity contribution in [3.8, 4) is 0 Å². The summed E-state index contributed by atoms with van der Waals surface area (Å²) in [4.78, 5) is 39.4. The van der Waals surface area contributed by atoms with Gasteiger partial charge in [-0.3, -0.25) is 0 Å². The van der Waals surface area contributed by atoms with Crippen molar-refractivity contribution in [2.45, 2.75) is 87.3 Å². The van der Waals surface area contributed by atoms with Crippen LogP contribution < -0.4 is 0 Å². The summed E-state index contributed by atoms with van der Waals surface area (Å²) in [5, 5.41) is 4.48. The van der Waals surface area contributed by atoms with Crippen LogP contribution in [0.2, 0.25) is 0 Å². The lowest BCUT2D eigenvalue weighted by molar-refractivity contribution is -0.147. The lowest BCUT2D eigenvalue weighted by Gasteiger charge is -2.72. The maximum Gasteiger partial charge on any atom is 0.338 e. The third-order valence-corrected chi connectivity index (χ3v) is 12.5. The molecule has 10 rings (SSSR count). The smallest absolute Gasteiger partial charge is 0.338 e. The van der Waals surface area contributed by atoms with Crippen LogP contribution in [-0.2, 0) is 30.5 Å². The molecule has 0 saturated heterocycles. The summed E-state index contributed by atoms with van der Waals surface area (Å²) in [6.07, 6.45) is 11.2. The largest absolute Gasteiger partial charge is 0.462 e. The first kappa shape index (κ1) is 31.7. The van der Waals surface area contributed by atoms with Gasteiger partial charge in [-0.15, -0.1) is 0 Å². The number of benzene rings is 2. The zero-order chi connectivity index (χ0) is 33.2. The molecule has 8 nitrogen and oxygen atoms in total. The SMILES string of the molecule is CCOC(=O)c1ccc(C)c(C23CC(C(Br)C=O)(C2)C3)c1.CCOC(=O)c1ccc(C)c(C23CC(c4cnc5cccnn45)(C2)C3)c1. The molecular weight excluding hydrogens is 658 g/mol. The summed E-state index contributed by atoms with van der Waals surface area (Å²) in [5.41, 5.74) is 9.10. The molecule has 1 unspecified atom stereocenters. The van der Waals surface area contributed by atoms with Gasteiger partial charge < -0.3 is 14.3 Å². The fraction of sp³-hybridized carbons (Fsp3) is 0.447. The maximum atomic E-state index is 12.1. The van der Waals surface area contributed by atoms with E-state index >= 15 is 0 Å². The molecule has 6 aliphatic carbocycles. The molecule has 6 fully saturated rings. The van der Waals surface area contributed by atoms with Gasteiger partial charge in [0.1, 0.15) is 6.29 Å². The molecule has 0 radical (unpaired) electrons. The quantitative estimate of drug-likeness (QED) is 0.104. The average Bonchev–Trinajstić information content (AvgIpc) is 3.41. The van der Waals surface area contributed by atoms with Gasteiger partial charge in [0, 0.05) is 11.6 Å². The number of carbonyl (C=O) groups is 3. The topological polar surface area (TPSA) is 99.9 Å². The van der Waals surface area contributed by atoms with E-state index in [0.29, 0.717) is 24.3 Å². The number of halogens is 1. The number of carbonyl (C=O) groups excluding carboxylic acids is 3. The minimum atomic E-state index is -0.258. The highest BCUT2D eigenvalue weighted by Gasteiger charge is 2.71. The van der Waals surface area contributed by atoms with Crippen LogP contribution in [0.3, 0.4) is 0 Å². The second kappa shape index (κ2) is 11.4. The Bertz CT molecular complexity index is 1870. The minimum Gasteiger partial charge on any atom is -0.462 e. The molecule has 6 saturated carbocycles. The van der Waals surface area contributed by atoms with Crippen LogP contribution in [0.25, 0.3) is 5.65 Å². The van der Waals surface area contributed by atoms with E-state index < -0.39 is 0 Å². The molecular formula is C38H40BrN3O5. The summed E-state index contributed by atoms with van der Waals surface area (Å²) in [6.45, 7) is 8.66. The molecule has 4 bridgehead atoms. The third-order valence-electron chi connectivity index (χ3n) is 11.3. The van der Waals surface area contributed by atoms with Crippen LogP contribution in [0, 0.1) is 19.3 Å². The van der Waals surface area contributed by atoms with Crippen molar-refractivity contribution >= 4 is 39.8 Å². The predicted octanol–water partition coefficient (Wildman–Crippen LogP) is 7.14. The van der Waals surface area contributed by atoms with E-state index in [-0.39, 0.29) is 38.4 Å². The lowest BCUT2D eigenvalue weighted by atomic mass is 9.32. The van der Waals surface area contributed by atoms with Gasteiger partial charge in [-0.1, -0.05) is 28.1 Å². The number of hydrogen-bond acceptors (Lipinski definition) is 7. The molecule has 2 aromatic carbocycles. The van der Waals surface area contributed by atoms with E-state index in [2.05, 4.69) is 39.9 Å². The second-order valence-corrected chi connectivity index (χ2v) is 15.2. The van der Waals surface area contributed by atoms with Gasteiger partial charge in [-0.25, -0.2) is 19.1 Å². The molecule has 47 heavy (non-hydrogen) atoms. The number of fused-ring (bicyclic) bond motifs is 1. The molecule has 1 atom stereocenters. The summed E-state index contributed by atoms with van der Waals surface area (Å²) in [6, 6.07) is 15.7. The number of nitrogens with zero attached hydrogens (tertiary/aromatic N) is 3. The Morgan fingerprint density at radius 2 is 1.38 bits per heavy atom. The number of rotatable bonds is 9. The van der Waals surface area contributed by atoms with Crippen molar-refractivity contribution in [2.24, 2.45) is 5.41 Å². The Morgan fingerprint density at radius 3 is 1.89 bits per heavy atom. The Balaban J connectivity index is 0.000000153. The summed E-state index contributed by atoms with van der Waals surface area (Å²) >= 11 is 3.48. The maximum absolute atomic E-state index is 12.1. The number of esters is 2. The molecule has 9 heteroatoms. The van der Waals surface area contributed by atoms with Gasteiger partial charge in [0.25, 0.3) is 0 Å². The van der Waals surface area contributed by atoms with Crippen LogP contribution in [-0.4, -0.2) is 50.9 Å². The molecule has 0 spiro atoms. The molecule has 2 aromatic heterocycles. The number of aromatic nitrogens is 3. The first-order valence-corrected chi connectivity index (χ1v) is 17.4. The lowest BCUT2D eigenvalue weighted by Crippen LogP contribution is -2.68. The van der Waals surface area contributed by atoms with Crippen molar-refractivity contribution in [1.29, 1.82) is 0 Å². The van der Waals surface area contributed by atoms with Crippen LogP contribution in [0.4, 0.5) is 0 Å². The average molecular weight is 699 g/mol. The van der Waals surface area contributed by atoms with E-state index in [1.165, 1.54) is 27.9 Å². The van der Waals surface area contributed by atoms with Crippen LogP contribution in [0.15, 0.2) is 60.9 Å². The number of aldehydes is 1. The second-order valence-electron chi connectivity index (χ2n) is 14.2. The Hall–Kier alpha value is -3.85. The van der Waals surface area contributed by atoms with E-state index in [1.54, 1.807) is 0 Å². The van der Waals surface area contributed by atoms with Crippen molar-refractivity contribution in [1.82, 2.24) is 14.6 Å². The molecule has 0 aliphatic heterocycles. The Morgan fingerprint density at radius 1 is 0.851 bits per heavy atom. The van der Waals surface area contributed by atoms with Crippen molar-refractivity contribution < 1.29 is 23.9 Å². The van der Waals surface area contributed by atoms with Gasteiger partial charge in [0.15, 0.2) is 5.65 Å². The summed E-state index contributed by atoms with van der Waals surface area (Å²) in [5.74, 6) is -0.493. The Labute approximate surface area is 283 Å². The first-order valence-electron chi connectivity index (χ1n) is 16.5. The molecule has 0 amide bonds. The summed E-state index contributed by atoms with van der Waals surface area (Å²) < 4.78 is 12.2. The van der Waals surface area contributed by atoms with Gasteiger partial charge in [-0.2, -0.15) is 5.10 Å². The number of aryl methyl sites for hydroxylation is 2. The third kappa shape index (κ3) is 4.87. The monoisotopic (exact) mass is 697 g/mol. The zero-order valence-corrected chi connectivity index (χ0v) is 28.9. The van der Waals surface area contributed by atoms with E-state index in [1.807, 2.05) is 79.3 Å². The van der Waals surface area contributed by atoms with E-state index in [9.17, 15) is 14.4 Å². The highest BCUT2D eigenvalue weighted by Crippen LogP contribution is 2.76. The molecule has 2 heterocycles. The highest BCUT2D eigenvalue weighted by molar-refractivity contribution is 9.10. The fourth-order valence-electron chi connectivity index (χ4n) is 9.19. The van der Waals surface area contributed by atoms with Gasteiger partial charge in [0.05, 0.1) is 41.1 Å². The molecule has 4 aromatic rings. The normalized spacial score (nSPS) is 28.3.